The van der Waals surface area contributed by atoms with Crippen molar-refractivity contribution in [1.29, 1.82) is 0 Å². The average Bonchev–Trinajstić information content (AvgIpc) is 2.67. The van der Waals surface area contributed by atoms with Crippen molar-refractivity contribution in [3.05, 3.63) is 53.6 Å². The average molecular weight is 419 g/mol. The van der Waals surface area contributed by atoms with Gasteiger partial charge in [0.15, 0.2) is 0 Å². The third kappa shape index (κ3) is 5.73. The Morgan fingerprint density at radius 3 is 2.31 bits per heavy atom. The SMILES string of the molecule is CCC[C@H](C)NC(=O)CN(c1ccc(C)cc1)S(=O)(=O)c1cc(C)ccc1OC. The Bertz CT molecular complexity index is 940. The first kappa shape index (κ1) is 22.7. The molecule has 0 fully saturated rings. The molecule has 29 heavy (non-hydrogen) atoms. The molecule has 0 unspecified atom stereocenters. The molecule has 0 saturated heterocycles. The number of carbonyl (C=O) groups is 1. The molecule has 0 aliphatic carbocycles. The molecule has 7 heteroatoms. The number of sulfonamides is 1. The number of hydrogen-bond acceptors (Lipinski definition) is 4. The summed E-state index contributed by atoms with van der Waals surface area (Å²) in [5.74, 6) is -0.103. The number of amides is 1. The van der Waals surface area contributed by atoms with E-state index in [0.29, 0.717) is 5.69 Å². The zero-order valence-corrected chi connectivity index (χ0v) is 18.5. The zero-order valence-electron chi connectivity index (χ0n) is 17.7. The first-order valence-corrected chi connectivity index (χ1v) is 11.2. The Balaban J connectivity index is 2.48. The second kappa shape index (κ2) is 9.78. The van der Waals surface area contributed by atoms with Crippen LogP contribution in [-0.2, 0) is 14.8 Å². The number of anilines is 1. The zero-order chi connectivity index (χ0) is 21.6. The first-order valence-electron chi connectivity index (χ1n) is 9.72. The summed E-state index contributed by atoms with van der Waals surface area (Å²) >= 11 is 0. The predicted octanol–water partition coefficient (Wildman–Crippen LogP) is 3.81. The van der Waals surface area contributed by atoms with Crippen LogP contribution in [0.25, 0.3) is 0 Å². The van der Waals surface area contributed by atoms with Gasteiger partial charge in [0.1, 0.15) is 17.2 Å². The number of rotatable bonds is 9. The van der Waals surface area contributed by atoms with E-state index >= 15 is 0 Å². The van der Waals surface area contributed by atoms with Gasteiger partial charge >= 0.3 is 0 Å². The number of hydrogen-bond donors (Lipinski definition) is 1. The van der Waals surface area contributed by atoms with Crippen LogP contribution in [0.3, 0.4) is 0 Å². The highest BCUT2D eigenvalue weighted by molar-refractivity contribution is 7.93. The molecule has 0 bridgehead atoms. The van der Waals surface area contributed by atoms with Gasteiger partial charge in [-0.15, -0.1) is 0 Å². The lowest BCUT2D eigenvalue weighted by Crippen LogP contribution is -2.43. The third-order valence-corrected chi connectivity index (χ3v) is 6.42. The Labute approximate surface area is 173 Å². The molecule has 6 nitrogen and oxygen atoms in total. The summed E-state index contributed by atoms with van der Waals surface area (Å²) in [4.78, 5) is 12.7. The number of ether oxygens (including phenoxy) is 1. The monoisotopic (exact) mass is 418 g/mol. The van der Waals surface area contributed by atoms with E-state index in [2.05, 4.69) is 5.32 Å². The molecule has 1 N–H and O–H groups in total. The molecule has 1 amide bonds. The molecular formula is C22H30N2O4S. The van der Waals surface area contributed by atoms with Gasteiger partial charge in [0.25, 0.3) is 10.0 Å². The van der Waals surface area contributed by atoms with Crippen LogP contribution < -0.4 is 14.4 Å². The van der Waals surface area contributed by atoms with E-state index in [9.17, 15) is 13.2 Å². The van der Waals surface area contributed by atoms with Gasteiger partial charge in [-0.25, -0.2) is 8.42 Å². The van der Waals surface area contributed by atoms with E-state index < -0.39 is 10.0 Å². The lowest BCUT2D eigenvalue weighted by Gasteiger charge is -2.26. The van der Waals surface area contributed by atoms with E-state index in [0.717, 1.165) is 28.3 Å². The molecule has 0 spiro atoms. The minimum Gasteiger partial charge on any atom is -0.495 e. The molecule has 0 aliphatic rings. The highest BCUT2D eigenvalue weighted by atomic mass is 32.2. The minimum absolute atomic E-state index is 0.0245. The van der Waals surface area contributed by atoms with Crippen LogP contribution in [0.15, 0.2) is 47.4 Å². The van der Waals surface area contributed by atoms with Crippen molar-refractivity contribution < 1.29 is 17.9 Å². The molecule has 1 atom stereocenters. The smallest absolute Gasteiger partial charge is 0.268 e. The van der Waals surface area contributed by atoms with E-state index in [1.165, 1.54) is 7.11 Å². The Kier molecular flexibility index (Phi) is 7.67. The summed E-state index contributed by atoms with van der Waals surface area (Å²) in [6.07, 6.45) is 1.76. The maximum Gasteiger partial charge on any atom is 0.268 e. The summed E-state index contributed by atoms with van der Waals surface area (Å²) in [5.41, 5.74) is 2.21. The molecule has 158 valence electrons. The van der Waals surface area contributed by atoms with Crippen LogP contribution in [0, 0.1) is 13.8 Å². The van der Waals surface area contributed by atoms with Crippen LogP contribution in [0.5, 0.6) is 5.75 Å². The molecule has 0 aromatic heterocycles. The quantitative estimate of drug-likeness (QED) is 0.672. The molecule has 0 heterocycles. The fourth-order valence-corrected chi connectivity index (χ4v) is 4.75. The molecule has 2 aromatic rings. The molecule has 2 rings (SSSR count). The summed E-state index contributed by atoms with van der Waals surface area (Å²) in [6, 6.07) is 12.0. The number of benzene rings is 2. The van der Waals surface area contributed by atoms with E-state index in [1.54, 1.807) is 30.3 Å². The van der Waals surface area contributed by atoms with Crippen LogP contribution in [0.1, 0.15) is 37.8 Å². The van der Waals surface area contributed by atoms with Crippen molar-refractivity contribution in [3.63, 3.8) is 0 Å². The third-order valence-electron chi connectivity index (χ3n) is 4.63. The number of methoxy groups -OCH3 is 1. The van der Waals surface area contributed by atoms with E-state index in [1.807, 2.05) is 39.8 Å². The van der Waals surface area contributed by atoms with Crippen molar-refractivity contribution in [2.45, 2.75) is 51.5 Å². The first-order chi connectivity index (χ1) is 13.7. The normalized spacial score (nSPS) is 12.3. The minimum atomic E-state index is -4.03. The summed E-state index contributed by atoms with van der Waals surface area (Å²) in [7, 11) is -2.60. The second-order valence-electron chi connectivity index (χ2n) is 7.26. The summed E-state index contributed by atoms with van der Waals surface area (Å²) in [5, 5.41) is 2.88. The summed E-state index contributed by atoms with van der Waals surface area (Å²) in [6.45, 7) is 7.38. The van der Waals surface area contributed by atoms with Gasteiger partial charge in [-0.1, -0.05) is 37.1 Å². The van der Waals surface area contributed by atoms with Crippen molar-refractivity contribution in [2.24, 2.45) is 0 Å². The fraction of sp³-hybridized carbons (Fsp3) is 0.409. The predicted molar refractivity (Wildman–Crippen MR) is 116 cm³/mol. The fourth-order valence-electron chi connectivity index (χ4n) is 3.09. The number of carbonyl (C=O) groups excluding carboxylic acids is 1. The van der Waals surface area contributed by atoms with E-state index in [4.69, 9.17) is 4.74 Å². The van der Waals surface area contributed by atoms with Crippen LogP contribution in [0.4, 0.5) is 5.69 Å². The van der Waals surface area contributed by atoms with Crippen LogP contribution in [-0.4, -0.2) is 34.0 Å². The molecule has 2 aromatic carbocycles. The largest absolute Gasteiger partial charge is 0.495 e. The van der Waals surface area contributed by atoms with Crippen LogP contribution >= 0.6 is 0 Å². The van der Waals surface area contributed by atoms with E-state index in [-0.39, 0.29) is 29.1 Å². The lowest BCUT2D eigenvalue weighted by atomic mass is 10.2. The highest BCUT2D eigenvalue weighted by Gasteiger charge is 2.30. The topological polar surface area (TPSA) is 75.7 Å². The number of nitrogens with zero attached hydrogens (tertiary/aromatic N) is 1. The molecular weight excluding hydrogens is 388 g/mol. The summed E-state index contributed by atoms with van der Waals surface area (Å²) < 4.78 is 33.5. The maximum absolute atomic E-state index is 13.6. The van der Waals surface area contributed by atoms with Gasteiger partial charge in [-0.2, -0.15) is 0 Å². The Hall–Kier alpha value is -2.54. The lowest BCUT2D eigenvalue weighted by molar-refractivity contribution is -0.120. The van der Waals surface area contributed by atoms with Crippen molar-refractivity contribution >= 4 is 21.6 Å². The Morgan fingerprint density at radius 2 is 1.72 bits per heavy atom. The van der Waals surface area contributed by atoms with Crippen molar-refractivity contribution in [1.82, 2.24) is 5.32 Å². The second-order valence-corrected chi connectivity index (χ2v) is 9.09. The van der Waals surface area contributed by atoms with Gasteiger partial charge in [0.2, 0.25) is 5.91 Å². The molecule has 0 radical (unpaired) electrons. The maximum atomic E-state index is 13.6. The Morgan fingerprint density at radius 1 is 1.10 bits per heavy atom. The standard InChI is InChI=1S/C22H30N2O4S/c1-6-7-18(4)23-22(25)15-24(19-11-8-16(2)9-12-19)29(26,27)21-14-17(3)10-13-20(21)28-5/h8-14,18H,6-7,15H2,1-5H3,(H,23,25)/t18-/m0/s1. The van der Waals surface area contributed by atoms with Crippen LogP contribution in [0.2, 0.25) is 0 Å². The van der Waals surface area contributed by atoms with Crippen molar-refractivity contribution in [3.8, 4) is 5.75 Å². The van der Waals surface area contributed by atoms with Gasteiger partial charge in [-0.05, 0) is 57.0 Å². The molecule has 0 saturated carbocycles. The van der Waals surface area contributed by atoms with Gasteiger partial charge in [0, 0.05) is 6.04 Å². The van der Waals surface area contributed by atoms with Gasteiger partial charge in [-0.3, -0.25) is 9.10 Å². The molecule has 0 aliphatic heterocycles. The number of nitrogens with one attached hydrogen (secondary N) is 1. The van der Waals surface area contributed by atoms with Crippen molar-refractivity contribution in [2.75, 3.05) is 18.0 Å². The number of aryl methyl sites for hydroxylation is 2. The van der Waals surface area contributed by atoms with Gasteiger partial charge in [0.05, 0.1) is 12.8 Å². The highest BCUT2D eigenvalue weighted by Crippen LogP contribution is 2.31. The van der Waals surface area contributed by atoms with Gasteiger partial charge < -0.3 is 10.1 Å².